The Morgan fingerprint density at radius 3 is 2.73 bits per heavy atom. The Hall–Kier alpha value is -0.190. The third-order valence-corrected chi connectivity index (χ3v) is 1.72. The number of rotatable bonds is 1. The number of hydrogen-bond acceptors (Lipinski definition) is 2. The predicted octanol–water partition coefficient (Wildman–Crippen LogP) is 1.86. The van der Waals surface area contributed by atoms with E-state index in [1.807, 2.05) is 0 Å². The lowest BCUT2D eigenvalue weighted by Crippen LogP contribution is -2.02. The van der Waals surface area contributed by atoms with Gasteiger partial charge < -0.3 is 5.73 Å². The van der Waals surface area contributed by atoms with Crippen LogP contribution in [0, 0.1) is 5.82 Å². The maximum Gasteiger partial charge on any atom is 0.160 e. The van der Waals surface area contributed by atoms with Crippen molar-refractivity contribution < 1.29 is 4.39 Å². The fourth-order valence-corrected chi connectivity index (χ4v) is 0.950. The summed E-state index contributed by atoms with van der Waals surface area (Å²) in [5.74, 6) is -0.370. The van der Waals surface area contributed by atoms with Crippen LogP contribution in [0.5, 0.6) is 0 Å². The molecule has 0 aliphatic heterocycles. The zero-order chi connectivity index (χ0) is 7.56. The van der Waals surface area contributed by atoms with Crippen molar-refractivity contribution in [2.45, 2.75) is 6.54 Å². The van der Waals surface area contributed by atoms with Crippen LogP contribution in [-0.4, -0.2) is 4.98 Å². The summed E-state index contributed by atoms with van der Waals surface area (Å²) in [5, 5.41) is 0. The van der Waals surface area contributed by atoms with Gasteiger partial charge in [0.15, 0.2) is 5.82 Å². The Balaban J connectivity index is 0.000001000. The van der Waals surface area contributed by atoms with Crippen molar-refractivity contribution in [1.29, 1.82) is 0 Å². The minimum absolute atomic E-state index is 0. The van der Waals surface area contributed by atoms with Crippen LogP contribution in [-0.2, 0) is 6.54 Å². The van der Waals surface area contributed by atoms with E-state index in [2.05, 4.69) is 20.9 Å². The summed E-state index contributed by atoms with van der Waals surface area (Å²) in [4.78, 5) is 3.73. The first kappa shape index (κ1) is 10.8. The van der Waals surface area contributed by atoms with Gasteiger partial charge in [0, 0.05) is 12.7 Å². The van der Waals surface area contributed by atoms with E-state index in [0.29, 0.717) is 4.47 Å². The summed E-state index contributed by atoms with van der Waals surface area (Å²) in [6, 6.07) is 1.54. The van der Waals surface area contributed by atoms with Crippen molar-refractivity contribution in [1.82, 2.24) is 4.98 Å². The summed E-state index contributed by atoms with van der Waals surface area (Å²) in [6.45, 7) is 0.130. The van der Waals surface area contributed by atoms with E-state index in [1.165, 1.54) is 12.3 Å². The third-order valence-electron chi connectivity index (χ3n) is 1.11. The first-order valence-electron chi connectivity index (χ1n) is 2.74. The van der Waals surface area contributed by atoms with Crippen LogP contribution in [0.4, 0.5) is 4.39 Å². The predicted molar refractivity (Wildman–Crippen MR) is 47.0 cm³/mol. The number of nitrogens with zero attached hydrogens (tertiary/aromatic N) is 1. The lowest BCUT2D eigenvalue weighted by Gasteiger charge is -1.97. The summed E-state index contributed by atoms with van der Waals surface area (Å²) in [6.07, 6.45) is 1.51. The molecule has 0 bridgehead atoms. The molecule has 1 heterocycles. The number of hydrogen-bond donors (Lipinski definition) is 1. The molecule has 0 saturated carbocycles. The van der Waals surface area contributed by atoms with Crippen molar-refractivity contribution >= 4 is 28.3 Å². The smallest absolute Gasteiger partial charge is 0.160 e. The van der Waals surface area contributed by atoms with Crippen molar-refractivity contribution in [3.05, 3.63) is 28.2 Å². The van der Waals surface area contributed by atoms with Crippen molar-refractivity contribution in [2.24, 2.45) is 5.73 Å². The first-order valence-corrected chi connectivity index (χ1v) is 3.54. The molecule has 0 radical (unpaired) electrons. The molecule has 2 nitrogen and oxygen atoms in total. The SMILES string of the molecule is Cl.NCc1nccc(Br)c1F. The highest BCUT2D eigenvalue weighted by Gasteiger charge is 2.03. The van der Waals surface area contributed by atoms with E-state index >= 15 is 0 Å². The molecule has 0 spiro atoms. The van der Waals surface area contributed by atoms with Gasteiger partial charge in [-0.2, -0.15) is 0 Å². The van der Waals surface area contributed by atoms with E-state index in [9.17, 15) is 4.39 Å². The molecule has 2 N–H and O–H groups in total. The van der Waals surface area contributed by atoms with Crippen LogP contribution in [0.15, 0.2) is 16.7 Å². The Morgan fingerprint density at radius 1 is 1.64 bits per heavy atom. The van der Waals surface area contributed by atoms with Crippen molar-refractivity contribution in [3.8, 4) is 0 Å². The number of aromatic nitrogens is 1. The number of nitrogens with two attached hydrogens (primary N) is 1. The molecule has 1 rings (SSSR count). The topological polar surface area (TPSA) is 38.9 Å². The molecule has 5 heteroatoms. The Bertz CT molecular complexity index is 244. The second-order valence-electron chi connectivity index (χ2n) is 1.76. The van der Waals surface area contributed by atoms with E-state index in [1.54, 1.807) is 0 Å². The maximum atomic E-state index is 12.8. The van der Waals surface area contributed by atoms with E-state index in [4.69, 9.17) is 5.73 Å². The monoisotopic (exact) mass is 240 g/mol. The highest BCUT2D eigenvalue weighted by Crippen LogP contribution is 2.15. The molecular weight excluding hydrogens is 234 g/mol. The zero-order valence-corrected chi connectivity index (χ0v) is 7.95. The maximum absolute atomic E-state index is 12.8. The van der Waals surface area contributed by atoms with Gasteiger partial charge in [0.2, 0.25) is 0 Å². The van der Waals surface area contributed by atoms with Crippen molar-refractivity contribution in [2.75, 3.05) is 0 Å². The molecule has 0 unspecified atom stereocenters. The van der Waals surface area contributed by atoms with Crippen LogP contribution in [0.1, 0.15) is 5.69 Å². The van der Waals surface area contributed by atoms with Gasteiger partial charge in [-0.05, 0) is 22.0 Å². The van der Waals surface area contributed by atoms with Gasteiger partial charge >= 0.3 is 0 Å². The Kier molecular flexibility index (Phi) is 4.56. The van der Waals surface area contributed by atoms with Gasteiger partial charge in [-0.15, -0.1) is 12.4 Å². The minimum atomic E-state index is -0.370. The molecule has 11 heavy (non-hydrogen) atoms. The summed E-state index contributed by atoms with van der Waals surface area (Å²) < 4.78 is 13.2. The lowest BCUT2D eigenvalue weighted by molar-refractivity contribution is 0.593. The average Bonchev–Trinajstić information content (AvgIpc) is 1.95. The van der Waals surface area contributed by atoms with Crippen LogP contribution in [0.25, 0.3) is 0 Å². The average molecular weight is 241 g/mol. The molecule has 0 saturated heterocycles. The fourth-order valence-electron chi connectivity index (χ4n) is 0.603. The number of halogens is 3. The normalized spacial score (nSPS) is 9.00. The van der Waals surface area contributed by atoms with E-state index in [-0.39, 0.29) is 30.5 Å². The quantitative estimate of drug-likeness (QED) is 0.815. The molecule has 62 valence electrons. The Labute approximate surface area is 78.5 Å². The van der Waals surface area contributed by atoms with Crippen LogP contribution in [0.2, 0.25) is 0 Å². The molecule has 0 aliphatic rings. The van der Waals surface area contributed by atoms with Crippen molar-refractivity contribution in [3.63, 3.8) is 0 Å². The molecule has 1 aromatic heterocycles. The van der Waals surface area contributed by atoms with Crippen LogP contribution >= 0.6 is 28.3 Å². The van der Waals surface area contributed by atoms with Crippen LogP contribution < -0.4 is 5.73 Å². The second kappa shape index (κ2) is 4.64. The highest BCUT2D eigenvalue weighted by atomic mass is 79.9. The first-order chi connectivity index (χ1) is 4.75. The largest absolute Gasteiger partial charge is 0.325 e. The van der Waals surface area contributed by atoms with E-state index in [0.717, 1.165) is 0 Å². The molecule has 0 aromatic carbocycles. The molecule has 0 fully saturated rings. The lowest BCUT2D eigenvalue weighted by atomic mass is 10.3. The molecule has 0 amide bonds. The van der Waals surface area contributed by atoms with Gasteiger partial charge in [-0.3, -0.25) is 4.98 Å². The zero-order valence-electron chi connectivity index (χ0n) is 5.55. The standard InChI is InChI=1S/C6H6BrFN2.ClH/c7-4-1-2-10-5(3-9)6(4)8;/h1-2H,3,9H2;1H. The summed E-state index contributed by atoms with van der Waals surface area (Å²) in [5.41, 5.74) is 5.48. The highest BCUT2D eigenvalue weighted by molar-refractivity contribution is 9.10. The molecule has 0 aliphatic carbocycles. The molecule has 0 atom stereocenters. The minimum Gasteiger partial charge on any atom is -0.325 e. The fraction of sp³-hybridized carbons (Fsp3) is 0.167. The van der Waals surface area contributed by atoms with Gasteiger partial charge in [-0.25, -0.2) is 4.39 Å². The molecular formula is C6H7BrClFN2. The summed E-state index contributed by atoms with van der Waals surface area (Å²) in [7, 11) is 0. The van der Waals surface area contributed by atoms with Gasteiger partial charge in [0.25, 0.3) is 0 Å². The number of pyridine rings is 1. The third kappa shape index (κ3) is 2.39. The summed E-state index contributed by atoms with van der Waals surface area (Å²) >= 11 is 3.02. The van der Waals surface area contributed by atoms with Gasteiger partial charge in [0.1, 0.15) is 0 Å². The molecule has 1 aromatic rings. The van der Waals surface area contributed by atoms with Gasteiger partial charge in [0.05, 0.1) is 10.2 Å². The van der Waals surface area contributed by atoms with Crippen LogP contribution in [0.3, 0.4) is 0 Å². The second-order valence-corrected chi connectivity index (χ2v) is 2.61. The Morgan fingerprint density at radius 2 is 2.27 bits per heavy atom. The van der Waals surface area contributed by atoms with Gasteiger partial charge in [-0.1, -0.05) is 0 Å². The van der Waals surface area contributed by atoms with E-state index < -0.39 is 0 Å².